The van der Waals surface area contributed by atoms with Gasteiger partial charge in [0.15, 0.2) is 5.82 Å². The second-order valence-corrected chi connectivity index (χ2v) is 6.48. The fraction of sp³-hybridized carbons (Fsp3) is 0.444. The minimum absolute atomic E-state index is 0.102. The van der Waals surface area contributed by atoms with Gasteiger partial charge in [-0.15, -0.1) is 0 Å². The molecule has 3 N–H and O–H groups in total. The maximum Gasteiger partial charge on any atom is 0.258 e. The maximum atomic E-state index is 9.15. The quantitative estimate of drug-likeness (QED) is 0.890. The lowest BCUT2D eigenvalue weighted by atomic mass is 9.92. The average molecular weight is 328 g/mol. The molecule has 6 heteroatoms. The standard InChI is InChI=1S/C18H24N4O2/c1-11-6-13(7-14-9-22(3)5-4-15(11)14)16-8-20-17(19)18(21-16)24-12(2)10-23/h6-8,12,23H,4-5,9-10H2,1-3H3,(H2,19,20). The number of hydrogen-bond acceptors (Lipinski definition) is 6. The summed E-state index contributed by atoms with van der Waals surface area (Å²) in [7, 11) is 2.14. The van der Waals surface area contributed by atoms with Gasteiger partial charge in [-0.2, -0.15) is 0 Å². The van der Waals surface area contributed by atoms with Gasteiger partial charge in [-0.3, -0.25) is 0 Å². The first-order valence-corrected chi connectivity index (χ1v) is 8.19. The SMILES string of the molecule is Cc1cc(-c2cnc(N)c(OC(C)CO)n2)cc2c1CCN(C)C2. The van der Waals surface area contributed by atoms with E-state index < -0.39 is 0 Å². The number of hydrogen-bond donors (Lipinski definition) is 2. The Bertz CT molecular complexity index is 748. The summed E-state index contributed by atoms with van der Waals surface area (Å²) in [6.45, 7) is 5.83. The van der Waals surface area contributed by atoms with Crippen molar-refractivity contribution in [1.29, 1.82) is 0 Å². The van der Waals surface area contributed by atoms with Gasteiger partial charge in [0.05, 0.1) is 18.5 Å². The Hall–Kier alpha value is -2.18. The van der Waals surface area contributed by atoms with Crippen molar-refractivity contribution < 1.29 is 9.84 Å². The number of nitrogens with zero attached hydrogens (tertiary/aromatic N) is 3. The van der Waals surface area contributed by atoms with E-state index in [-0.39, 0.29) is 24.4 Å². The summed E-state index contributed by atoms with van der Waals surface area (Å²) in [5.74, 6) is 0.495. The van der Waals surface area contributed by atoms with Crippen LogP contribution >= 0.6 is 0 Å². The molecule has 0 spiro atoms. The summed E-state index contributed by atoms with van der Waals surface area (Å²) in [6, 6.07) is 4.32. The molecular weight excluding hydrogens is 304 g/mol. The molecule has 1 aliphatic heterocycles. The van der Waals surface area contributed by atoms with Crippen molar-refractivity contribution in [1.82, 2.24) is 14.9 Å². The highest BCUT2D eigenvalue weighted by molar-refractivity contribution is 5.64. The van der Waals surface area contributed by atoms with Crippen molar-refractivity contribution in [2.45, 2.75) is 32.9 Å². The summed E-state index contributed by atoms with van der Waals surface area (Å²) in [6.07, 6.45) is 2.36. The van der Waals surface area contributed by atoms with Crippen LogP contribution < -0.4 is 10.5 Å². The molecule has 1 aromatic heterocycles. The van der Waals surface area contributed by atoms with Gasteiger partial charge < -0.3 is 20.5 Å². The number of anilines is 1. The number of nitrogens with two attached hydrogens (primary N) is 1. The monoisotopic (exact) mass is 328 g/mol. The molecule has 2 heterocycles. The van der Waals surface area contributed by atoms with E-state index in [1.54, 1.807) is 13.1 Å². The molecule has 0 bridgehead atoms. The van der Waals surface area contributed by atoms with Crippen LogP contribution in [0.15, 0.2) is 18.3 Å². The molecule has 0 amide bonds. The van der Waals surface area contributed by atoms with E-state index in [4.69, 9.17) is 15.6 Å². The number of aromatic nitrogens is 2. The van der Waals surface area contributed by atoms with Gasteiger partial charge >= 0.3 is 0 Å². The van der Waals surface area contributed by atoms with Crippen LogP contribution in [-0.4, -0.2) is 46.3 Å². The van der Waals surface area contributed by atoms with Gasteiger partial charge in [0.25, 0.3) is 5.88 Å². The number of benzene rings is 1. The first-order chi connectivity index (χ1) is 11.5. The number of aliphatic hydroxyl groups excluding tert-OH is 1. The Labute approximate surface area is 142 Å². The van der Waals surface area contributed by atoms with Crippen LogP contribution in [0.25, 0.3) is 11.3 Å². The summed E-state index contributed by atoms with van der Waals surface area (Å²) >= 11 is 0. The van der Waals surface area contributed by atoms with Crippen LogP contribution in [0.3, 0.4) is 0 Å². The molecular formula is C18H24N4O2. The molecule has 2 aromatic rings. The Balaban J connectivity index is 1.98. The molecule has 0 saturated carbocycles. The average Bonchev–Trinajstić information content (AvgIpc) is 2.56. The van der Waals surface area contributed by atoms with Crippen molar-refractivity contribution in [3.05, 3.63) is 35.0 Å². The van der Waals surface area contributed by atoms with Gasteiger partial charge in [-0.25, -0.2) is 9.97 Å². The fourth-order valence-electron chi connectivity index (χ4n) is 3.04. The van der Waals surface area contributed by atoms with E-state index in [1.807, 2.05) is 0 Å². The van der Waals surface area contributed by atoms with Gasteiger partial charge in [0.2, 0.25) is 0 Å². The van der Waals surface area contributed by atoms with Crippen molar-refractivity contribution >= 4 is 5.82 Å². The van der Waals surface area contributed by atoms with Crippen LogP contribution in [0.4, 0.5) is 5.82 Å². The Morgan fingerprint density at radius 2 is 2.21 bits per heavy atom. The van der Waals surface area contributed by atoms with Crippen molar-refractivity contribution in [2.24, 2.45) is 0 Å². The molecule has 1 atom stereocenters. The molecule has 1 unspecified atom stereocenters. The van der Waals surface area contributed by atoms with E-state index in [0.717, 1.165) is 30.8 Å². The summed E-state index contributed by atoms with van der Waals surface area (Å²) in [5, 5.41) is 9.15. The minimum atomic E-state index is -0.379. The predicted molar refractivity (Wildman–Crippen MR) is 93.8 cm³/mol. The molecule has 0 saturated heterocycles. The zero-order chi connectivity index (χ0) is 17.3. The number of ether oxygens (including phenoxy) is 1. The van der Waals surface area contributed by atoms with Crippen molar-refractivity contribution in [3.8, 4) is 17.1 Å². The van der Waals surface area contributed by atoms with E-state index in [9.17, 15) is 0 Å². The van der Waals surface area contributed by atoms with Crippen LogP contribution in [0.5, 0.6) is 5.88 Å². The molecule has 24 heavy (non-hydrogen) atoms. The minimum Gasteiger partial charge on any atom is -0.470 e. The lowest BCUT2D eigenvalue weighted by Crippen LogP contribution is -2.27. The Morgan fingerprint density at radius 1 is 1.42 bits per heavy atom. The molecule has 0 fully saturated rings. The molecule has 1 aromatic carbocycles. The number of aryl methyl sites for hydroxylation is 1. The molecule has 3 rings (SSSR count). The highest BCUT2D eigenvalue weighted by Gasteiger charge is 2.18. The maximum absolute atomic E-state index is 9.15. The zero-order valence-corrected chi connectivity index (χ0v) is 14.4. The lowest BCUT2D eigenvalue weighted by Gasteiger charge is -2.27. The zero-order valence-electron chi connectivity index (χ0n) is 14.4. The number of fused-ring (bicyclic) bond motifs is 1. The molecule has 128 valence electrons. The van der Waals surface area contributed by atoms with Crippen LogP contribution in [0.2, 0.25) is 0 Å². The van der Waals surface area contributed by atoms with E-state index in [1.165, 1.54) is 16.7 Å². The summed E-state index contributed by atoms with van der Waals surface area (Å²) in [4.78, 5) is 11.0. The van der Waals surface area contributed by atoms with E-state index in [0.29, 0.717) is 0 Å². The lowest BCUT2D eigenvalue weighted by molar-refractivity contribution is 0.126. The Morgan fingerprint density at radius 3 is 2.96 bits per heavy atom. The predicted octanol–water partition coefficient (Wildman–Crippen LogP) is 1.78. The normalized spacial score (nSPS) is 15.8. The third-order valence-corrected chi connectivity index (χ3v) is 4.38. The molecule has 6 nitrogen and oxygen atoms in total. The topological polar surface area (TPSA) is 84.5 Å². The van der Waals surface area contributed by atoms with Gasteiger partial charge in [0.1, 0.15) is 6.10 Å². The Kier molecular flexibility index (Phi) is 4.69. The molecule has 0 radical (unpaired) electrons. The second kappa shape index (κ2) is 6.75. The van der Waals surface area contributed by atoms with E-state index in [2.05, 4.69) is 41.0 Å². The third-order valence-electron chi connectivity index (χ3n) is 4.38. The molecule has 0 aliphatic carbocycles. The summed E-state index contributed by atoms with van der Waals surface area (Å²) in [5.41, 5.74) is 11.6. The van der Waals surface area contributed by atoms with Crippen molar-refractivity contribution in [2.75, 3.05) is 25.9 Å². The fourth-order valence-corrected chi connectivity index (χ4v) is 3.04. The third kappa shape index (κ3) is 3.34. The van der Waals surface area contributed by atoms with Crippen molar-refractivity contribution in [3.63, 3.8) is 0 Å². The second-order valence-electron chi connectivity index (χ2n) is 6.48. The number of likely N-dealkylation sites (N-methyl/N-ethyl adjacent to an activating group) is 1. The number of nitrogen functional groups attached to an aromatic ring is 1. The largest absolute Gasteiger partial charge is 0.470 e. The van der Waals surface area contributed by atoms with Gasteiger partial charge in [-0.1, -0.05) is 0 Å². The van der Waals surface area contributed by atoms with Gasteiger partial charge in [0, 0.05) is 18.7 Å². The van der Waals surface area contributed by atoms with Crippen LogP contribution in [0.1, 0.15) is 23.6 Å². The molecule has 1 aliphatic rings. The highest BCUT2D eigenvalue weighted by atomic mass is 16.5. The highest BCUT2D eigenvalue weighted by Crippen LogP contribution is 2.29. The number of aliphatic hydroxyl groups is 1. The first kappa shape index (κ1) is 16.7. The van der Waals surface area contributed by atoms with Crippen LogP contribution in [0, 0.1) is 6.92 Å². The summed E-state index contributed by atoms with van der Waals surface area (Å²) < 4.78 is 5.56. The van der Waals surface area contributed by atoms with E-state index >= 15 is 0 Å². The first-order valence-electron chi connectivity index (χ1n) is 8.19. The smallest absolute Gasteiger partial charge is 0.258 e. The number of rotatable bonds is 4. The van der Waals surface area contributed by atoms with Gasteiger partial charge in [-0.05, 0) is 56.1 Å². The van der Waals surface area contributed by atoms with Crippen LogP contribution in [-0.2, 0) is 13.0 Å².